The third kappa shape index (κ3) is 3.30. The van der Waals surface area contributed by atoms with E-state index in [4.69, 9.17) is 9.47 Å². The fourth-order valence-corrected chi connectivity index (χ4v) is 8.45. The van der Waals surface area contributed by atoms with Gasteiger partial charge >= 0.3 is 11.9 Å². The van der Waals surface area contributed by atoms with E-state index in [0.29, 0.717) is 31.5 Å². The van der Waals surface area contributed by atoms with Gasteiger partial charge in [0.1, 0.15) is 12.2 Å². The molecule has 2 aromatic carbocycles. The Morgan fingerprint density at radius 2 is 1.34 bits per heavy atom. The molecule has 0 aliphatic heterocycles. The predicted molar refractivity (Wildman–Crippen MR) is 126 cm³/mol. The van der Waals surface area contributed by atoms with Crippen LogP contribution in [0.1, 0.15) is 59.7 Å². The van der Waals surface area contributed by atoms with Gasteiger partial charge in [0.25, 0.3) is 0 Å². The first-order valence-electron chi connectivity index (χ1n) is 11.7. The molecule has 0 heterocycles. The van der Waals surface area contributed by atoms with Crippen molar-refractivity contribution in [3.05, 3.63) is 71.8 Å². The summed E-state index contributed by atoms with van der Waals surface area (Å²) >= 11 is 0. The molecule has 4 fully saturated rings. The van der Waals surface area contributed by atoms with Crippen LogP contribution in [0.2, 0.25) is 0 Å². The minimum Gasteiger partial charge on any atom is -0.454 e. The first-order valence-corrected chi connectivity index (χ1v) is 13.2. The summed E-state index contributed by atoms with van der Waals surface area (Å²) in [6.07, 6.45) is 4.77. The number of carbonyl (C=O) groups is 2. The van der Waals surface area contributed by atoms with Crippen LogP contribution in [0.4, 0.5) is 0 Å². The van der Waals surface area contributed by atoms with Gasteiger partial charge in [-0.3, -0.25) is 0 Å². The number of benzene rings is 2. The number of rotatable bonds is 5. The zero-order valence-corrected chi connectivity index (χ0v) is 19.8. The lowest BCUT2D eigenvalue weighted by Crippen LogP contribution is -2.70. The standard InChI is InChI=1S/C27H31O4P/c1-26-16-17-27(32-2,21-15-9-14-20(21)26)23(31-25(29)19-12-7-4-8-13-19)22(26)30-24(28)18-10-5-3-6-11-18/h3-8,10-13,20-23,32H,9,14-17H2,1-2H3. The van der Waals surface area contributed by atoms with Gasteiger partial charge in [-0.2, -0.15) is 0 Å². The number of ether oxygens (including phenoxy) is 2. The average Bonchev–Trinajstić information content (AvgIpc) is 3.35. The highest BCUT2D eigenvalue weighted by atomic mass is 31.1. The van der Waals surface area contributed by atoms with Crippen LogP contribution in [0.5, 0.6) is 0 Å². The second kappa shape index (κ2) is 8.30. The maximum Gasteiger partial charge on any atom is 0.338 e. The van der Waals surface area contributed by atoms with E-state index in [1.165, 1.54) is 19.3 Å². The van der Waals surface area contributed by atoms with Gasteiger partial charge in [-0.25, -0.2) is 9.59 Å². The first-order chi connectivity index (χ1) is 15.5. The molecule has 4 saturated carbocycles. The van der Waals surface area contributed by atoms with Crippen molar-refractivity contribution in [2.75, 3.05) is 6.66 Å². The number of carbonyl (C=O) groups excluding carboxylic acids is 2. The van der Waals surface area contributed by atoms with Gasteiger partial charge in [0.2, 0.25) is 0 Å². The molecule has 2 bridgehead atoms. The van der Waals surface area contributed by atoms with Crippen molar-refractivity contribution in [3.8, 4) is 0 Å². The summed E-state index contributed by atoms with van der Waals surface area (Å²) < 4.78 is 12.6. The topological polar surface area (TPSA) is 52.6 Å². The summed E-state index contributed by atoms with van der Waals surface area (Å²) in [6, 6.07) is 18.3. The highest BCUT2D eigenvalue weighted by molar-refractivity contribution is 7.39. The monoisotopic (exact) mass is 450 g/mol. The SMILES string of the molecule is CPC12CCC(C)(C3CCCC31)C(OC(=O)c1ccccc1)C2OC(=O)c1ccccc1. The third-order valence-corrected chi connectivity index (χ3v) is 10.3. The molecule has 0 amide bonds. The molecule has 4 aliphatic carbocycles. The third-order valence-electron chi connectivity index (χ3n) is 8.49. The Labute approximate surface area is 191 Å². The maximum atomic E-state index is 13.2. The molecule has 2 aromatic rings. The Morgan fingerprint density at radius 3 is 1.91 bits per heavy atom. The smallest absolute Gasteiger partial charge is 0.338 e. The van der Waals surface area contributed by atoms with Crippen LogP contribution >= 0.6 is 8.58 Å². The van der Waals surface area contributed by atoms with Crippen molar-refractivity contribution in [2.45, 2.75) is 56.4 Å². The lowest BCUT2D eigenvalue weighted by atomic mass is 9.49. The highest BCUT2D eigenvalue weighted by Crippen LogP contribution is 2.69. The molecule has 0 N–H and O–H groups in total. The number of hydrogen-bond donors (Lipinski definition) is 0. The van der Waals surface area contributed by atoms with Crippen LogP contribution in [-0.2, 0) is 9.47 Å². The summed E-state index contributed by atoms with van der Waals surface area (Å²) in [5, 5.41) is -0.106. The second-order valence-electron chi connectivity index (χ2n) is 9.82. The van der Waals surface area contributed by atoms with E-state index >= 15 is 0 Å². The summed E-state index contributed by atoms with van der Waals surface area (Å²) in [6.45, 7) is 4.51. The van der Waals surface area contributed by atoms with E-state index in [1.807, 2.05) is 36.4 Å². The Kier molecular flexibility index (Phi) is 5.61. The van der Waals surface area contributed by atoms with Gasteiger partial charge in [0, 0.05) is 10.6 Å². The second-order valence-corrected chi connectivity index (χ2v) is 11.3. The van der Waals surface area contributed by atoms with Crippen molar-refractivity contribution < 1.29 is 19.1 Å². The van der Waals surface area contributed by atoms with E-state index in [1.54, 1.807) is 24.3 Å². The molecule has 7 unspecified atom stereocenters. The quantitative estimate of drug-likeness (QED) is 0.432. The highest BCUT2D eigenvalue weighted by Gasteiger charge is 2.70. The molecular weight excluding hydrogens is 419 g/mol. The molecule has 0 aromatic heterocycles. The Morgan fingerprint density at radius 1 is 0.812 bits per heavy atom. The van der Waals surface area contributed by atoms with Gasteiger partial charge in [-0.1, -0.05) is 49.7 Å². The molecule has 5 heteroatoms. The van der Waals surface area contributed by atoms with Crippen LogP contribution in [0.15, 0.2) is 60.7 Å². The molecule has 7 atom stereocenters. The van der Waals surface area contributed by atoms with Crippen molar-refractivity contribution in [1.82, 2.24) is 0 Å². The van der Waals surface area contributed by atoms with Crippen LogP contribution in [0.3, 0.4) is 0 Å². The van der Waals surface area contributed by atoms with Gasteiger partial charge in [-0.15, -0.1) is 8.58 Å². The van der Waals surface area contributed by atoms with Crippen LogP contribution in [0.25, 0.3) is 0 Å². The van der Waals surface area contributed by atoms with Crippen molar-refractivity contribution in [3.63, 3.8) is 0 Å². The van der Waals surface area contributed by atoms with Gasteiger partial charge in [0.05, 0.1) is 11.1 Å². The average molecular weight is 451 g/mol. The largest absolute Gasteiger partial charge is 0.454 e. The Balaban J connectivity index is 1.53. The zero-order valence-electron chi connectivity index (χ0n) is 18.8. The van der Waals surface area contributed by atoms with Crippen molar-refractivity contribution in [1.29, 1.82) is 0 Å². The number of hydrogen-bond acceptors (Lipinski definition) is 4. The minimum absolute atomic E-state index is 0.106. The van der Waals surface area contributed by atoms with Gasteiger partial charge < -0.3 is 9.47 Å². The minimum atomic E-state index is -0.427. The lowest BCUT2D eigenvalue weighted by molar-refractivity contribution is -0.189. The summed E-state index contributed by atoms with van der Waals surface area (Å²) in [5.41, 5.74) is 0.917. The molecule has 4 nitrogen and oxygen atoms in total. The summed E-state index contributed by atoms with van der Waals surface area (Å²) in [4.78, 5) is 26.3. The summed E-state index contributed by atoms with van der Waals surface area (Å²) in [5.74, 6) is 0.405. The first kappa shape index (κ1) is 21.6. The molecule has 0 saturated heterocycles. The Hall–Kier alpha value is -2.19. The van der Waals surface area contributed by atoms with Crippen LogP contribution in [0, 0.1) is 17.3 Å². The van der Waals surface area contributed by atoms with E-state index in [0.717, 1.165) is 12.8 Å². The predicted octanol–water partition coefficient (Wildman–Crippen LogP) is 5.71. The van der Waals surface area contributed by atoms with Crippen LogP contribution < -0.4 is 0 Å². The molecule has 0 spiro atoms. The molecule has 4 aliphatic rings. The maximum absolute atomic E-state index is 13.2. The molecule has 0 radical (unpaired) electrons. The normalized spacial score (nSPS) is 35.6. The van der Waals surface area contributed by atoms with Gasteiger partial charge in [0.15, 0.2) is 0 Å². The number of esters is 2. The lowest BCUT2D eigenvalue weighted by Gasteiger charge is -2.65. The fraction of sp³-hybridized carbons (Fsp3) is 0.481. The van der Waals surface area contributed by atoms with Crippen molar-refractivity contribution in [2.24, 2.45) is 17.3 Å². The number of fused-ring (bicyclic) bond motifs is 2. The Bertz CT molecular complexity index is 993. The van der Waals surface area contributed by atoms with Crippen LogP contribution in [-0.4, -0.2) is 36.0 Å². The molecule has 6 rings (SSSR count). The van der Waals surface area contributed by atoms with Crippen molar-refractivity contribution >= 4 is 20.5 Å². The molecular formula is C27H31O4P. The van der Waals surface area contributed by atoms with E-state index in [2.05, 4.69) is 13.6 Å². The zero-order chi connectivity index (χ0) is 22.3. The van der Waals surface area contributed by atoms with E-state index in [9.17, 15) is 9.59 Å². The van der Waals surface area contributed by atoms with Gasteiger partial charge in [-0.05, 0) is 68.4 Å². The summed E-state index contributed by atoms with van der Waals surface area (Å²) in [7, 11) is 0.633. The fourth-order valence-electron chi connectivity index (χ4n) is 6.87. The van der Waals surface area contributed by atoms with E-state index < -0.39 is 12.2 Å². The molecule has 168 valence electrons. The molecule has 32 heavy (non-hydrogen) atoms. The van der Waals surface area contributed by atoms with E-state index in [-0.39, 0.29) is 22.5 Å².